The van der Waals surface area contributed by atoms with Crippen LogP contribution in [-0.4, -0.2) is 26.3 Å². The van der Waals surface area contributed by atoms with Gasteiger partial charge in [0.25, 0.3) is 0 Å². The van der Waals surface area contributed by atoms with Gasteiger partial charge in [0.2, 0.25) is 10.0 Å². The second-order valence-corrected chi connectivity index (χ2v) is 6.69. The van der Waals surface area contributed by atoms with Gasteiger partial charge in [0.1, 0.15) is 0 Å². The molecule has 0 aliphatic heterocycles. The predicted molar refractivity (Wildman–Crippen MR) is 72.3 cm³/mol. The van der Waals surface area contributed by atoms with Crippen molar-refractivity contribution in [2.24, 2.45) is 5.73 Å². The van der Waals surface area contributed by atoms with E-state index in [1.807, 2.05) is 6.07 Å². The van der Waals surface area contributed by atoms with Gasteiger partial charge in [-0.25, -0.2) is 12.7 Å². The molecule has 1 rings (SSSR count). The highest BCUT2D eigenvalue weighted by Crippen LogP contribution is 2.27. The summed E-state index contributed by atoms with van der Waals surface area (Å²) in [5, 5.41) is 0. The van der Waals surface area contributed by atoms with Gasteiger partial charge < -0.3 is 5.73 Å². The first-order valence-corrected chi connectivity index (χ1v) is 7.53. The van der Waals surface area contributed by atoms with E-state index in [0.717, 1.165) is 10.0 Å². The molecule has 0 heterocycles. The number of hydrogen-bond acceptors (Lipinski definition) is 3. The molecule has 0 atom stereocenters. The van der Waals surface area contributed by atoms with Crippen molar-refractivity contribution < 1.29 is 8.42 Å². The van der Waals surface area contributed by atoms with E-state index in [9.17, 15) is 8.42 Å². The molecular formula is C11H17BrN2O2S. The molecule has 1 aromatic rings. The number of hydrogen-bond donors (Lipinski definition) is 1. The smallest absolute Gasteiger partial charge is 0.243 e. The number of benzene rings is 1. The van der Waals surface area contributed by atoms with Gasteiger partial charge >= 0.3 is 0 Å². The first-order valence-electron chi connectivity index (χ1n) is 5.30. The van der Waals surface area contributed by atoms with Crippen LogP contribution in [0.4, 0.5) is 0 Å². The summed E-state index contributed by atoms with van der Waals surface area (Å²) in [5.74, 6) is 0. The van der Waals surface area contributed by atoms with Crippen molar-refractivity contribution in [2.45, 2.75) is 25.3 Å². The molecule has 17 heavy (non-hydrogen) atoms. The van der Waals surface area contributed by atoms with E-state index >= 15 is 0 Å². The Labute approximate surface area is 111 Å². The first kappa shape index (κ1) is 14.6. The number of sulfonamides is 1. The molecule has 2 N–H and O–H groups in total. The summed E-state index contributed by atoms with van der Waals surface area (Å²) in [6.07, 6.45) is 0. The van der Waals surface area contributed by atoms with Crippen LogP contribution in [-0.2, 0) is 16.6 Å². The van der Waals surface area contributed by atoms with E-state index in [4.69, 9.17) is 5.73 Å². The molecule has 0 unspecified atom stereocenters. The molecule has 6 heteroatoms. The maximum atomic E-state index is 12.3. The topological polar surface area (TPSA) is 63.4 Å². The summed E-state index contributed by atoms with van der Waals surface area (Å²) in [6.45, 7) is 4.33. The quantitative estimate of drug-likeness (QED) is 0.921. The highest BCUT2D eigenvalue weighted by atomic mass is 79.9. The van der Waals surface area contributed by atoms with Crippen molar-refractivity contribution >= 4 is 26.0 Å². The number of rotatable bonds is 4. The summed E-state index contributed by atoms with van der Waals surface area (Å²) in [4.78, 5) is 0.316. The lowest BCUT2D eigenvalue weighted by Crippen LogP contribution is -2.27. The molecule has 96 valence electrons. The van der Waals surface area contributed by atoms with Crippen molar-refractivity contribution in [1.29, 1.82) is 0 Å². The maximum Gasteiger partial charge on any atom is 0.243 e. The van der Waals surface area contributed by atoms with Crippen molar-refractivity contribution in [2.75, 3.05) is 13.6 Å². The Kier molecular flexibility index (Phi) is 4.71. The normalized spacial score (nSPS) is 12.1. The largest absolute Gasteiger partial charge is 0.326 e. The van der Waals surface area contributed by atoms with Gasteiger partial charge in [0.05, 0.1) is 4.90 Å². The van der Waals surface area contributed by atoms with E-state index in [-0.39, 0.29) is 0 Å². The molecule has 0 amide bonds. The van der Waals surface area contributed by atoms with Crippen molar-refractivity contribution in [1.82, 2.24) is 4.31 Å². The SMILES string of the molecule is CCN(C)S(=O)(=O)c1cc(CN)cc(Br)c1C. The molecule has 1 aromatic carbocycles. The monoisotopic (exact) mass is 320 g/mol. The van der Waals surface area contributed by atoms with Gasteiger partial charge in [0.15, 0.2) is 0 Å². The zero-order valence-corrected chi connectivity index (χ0v) is 12.6. The summed E-state index contributed by atoms with van der Waals surface area (Å²) in [6, 6.07) is 3.49. The number of nitrogens with two attached hydrogens (primary N) is 1. The Morgan fingerprint density at radius 2 is 2.00 bits per heavy atom. The van der Waals surface area contributed by atoms with Crippen LogP contribution >= 0.6 is 15.9 Å². The summed E-state index contributed by atoms with van der Waals surface area (Å²) >= 11 is 3.36. The molecule has 0 fully saturated rings. The number of halogens is 1. The third-order valence-electron chi connectivity index (χ3n) is 2.73. The number of nitrogens with zero attached hydrogens (tertiary/aromatic N) is 1. The van der Waals surface area contributed by atoms with Crippen LogP contribution in [0.2, 0.25) is 0 Å². The fourth-order valence-corrected chi connectivity index (χ4v) is 3.54. The fraction of sp³-hybridized carbons (Fsp3) is 0.455. The lowest BCUT2D eigenvalue weighted by atomic mass is 10.1. The maximum absolute atomic E-state index is 12.3. The van der Waals surface area contributed by atoms with Gasteiger partial charge in [-0.05, 0) is 30.2 Å². The van der Waals surface area contributed by atoms with Crippen LogP contribution in [0.25, 0.3) is 0 Å². The second-order valence-electron chi connectivity index (χ2n) is 3.82. The van der Waals surface area contributed by atoms with E-state index in [0.29, 0.717) is 23.5 Å². The minimum atomic E-state index is -3.43. The van der Waals surface area contributed by atoms with Gasteiger partial charge in [-0.15, -0.1) is 0 Å². The molecule has 0 aliphatic rings. The predicted octanol–water partition coefficient (Wildman–Crippen LogP) is 1.86. The third-order valence-corrected chi connectivity index (χ3v) is 5.61. The van der Waals surface area contributed by atoms with E-state index in [1.165, 1.54) is 4.31 Å². The van der Waals surface area contributed by atoms with Gasteiger partial charge in [-0.2, -0.15) is 0 Å². The Hall–Kier alpha value is -0.430. The first-order chi connectivity index (χ1) is 7.84. The van der Waals surface area contributed by atoms with Gasteiger partial charge in [-0.3, -0.25) is 0 Å². The lowest BCUT2D eigenvalue weighted by Gasteiger charge is -2.18. The second kappa shape index (κ2) is 5.48. The summed E-state index contributed by atoms with van der Waals surface area (Å²) in [5.41, 5.74) is 7.07. The minimum absolute atomic E-state index is 0.316. The Balaban J connectivity index is 3.45. The summed E-state index contributed by atoms with van der Waals surface area (Å²) in [7, 11) is -1.86. The van der Waals surface area contributed by atoms with Gasteiger partial charge in [0, 0.05) is 24.6 Å². The standard InChI is InChI=1S/C11H17BrN2O2S/c1-4-14(3)17(15,16)11-6-9(7-13)5-10(12)8(11)2/h5-6H,4,7,13H2,1-3H3. The van der Waals surface area contributed by atoms with Crippen molar-refractivity contribution in [3.8, 4) is 0 Å². The third kappa shape index (κ3) is 2.88. The highest BCUT2D eigenvalue weighted by Gasteiger charge is 2.23. The molecule has 0 bridgehead atoms. The van der Waals surface area contributed by atoms with Crippen LogP contribution in [0.15, 0.2) is 21.5 Å². The lowest BCUT2D eigenvalue weighted by molar-refractivity contribution is 0.485. The fourth-order valence-electron chi connectivity index (χ4n) is 1.43. The van der Waals surface area contributed by atoms with Crippen LogP contribution in [0.1, 0.15) is 18.1 Å². The van der Waals surface area contributed by atoms with E-state index < -0.39 is 10.0 Å². The molecule has 0 radical (unpaired) electrons. The zero-order valence-electron chi connectivity index (χ0n) is 10.2. The highest BCUT2D eigenvalue weighted by molar-refractivity contribution is 9.10. The average molecular weight is 321 g/mol. The molecule has 0 spiro atoms. The average Bonchev–Trinajstić information content (AvgIpc) is 2.30. The molecular weight excluding hydrogens is 304 g/mol. The van der Waals surface area contributed by atoms with Crippen LogP contribution in [0.5, 0.6) is 0 Å². The Bertz CT molecular complexity index is 514. The molecule has 0 saturated carbocycles. The van der Waals surface area contributed by atoms with Gasteiger partial charge in [-0.1, -0.05) is 22.9 Å². The molecule has 4 nitrogen and oxygen atoms in total. The Morgan fingerprint density at radius 3 is 2.47 bits per heavy atom. The minimum Gasteiger partial charge on any atom is -0.326 e. The Morgan fingerprint density at radius 1 is 1.41 bits per heavy atom. The van der Waals surface area contributed by atoms with E-state index in [1.54, 1.807) is 27.0 Å². The summed E-state index contributed by atoms with van der Waals surface area (Å²) < 4.78 is 26.6. The van der Waals surface area contributed by atoms with Crippen molar-refractivity contribution in [3.63, 3.8) is 0 Å². The van der Waals surface area contributed by atoms with Crippen LogP contribution < -0.4 is 5.73 Å². The molecule has 0 saturated heterocycles. The zero-order chi connectivity index (χ0) is 13.2. The van der Waals surface area contributed by atoms with Crippen LogP contribution in [0.3, 0.4) is 0 Å². The van der Waals surface area contributed by atoms with Crippen molar-refractivity contribution in [3.05, 3.63) is 27.7 Å². The van der Waals surface area contributed by atoms with Crippen LogP contribution in [0, 0.1) is 6.92 Å². The van der Waals surface area contributed by atoms with E-state index in [2.05, 4.69) is 15.9 Å². The molecule has 0 aliphatic carbocycles. The molecule has 0 aromatic heterocycles.